The minimum atomic E-state index is -0.534. The molecule has 0 aliphatic heterocycles. The van der Waals surface area contributed by atoms with E-state index in [0.717, 1.165) is 15.9 Å². The molecule has 0 atom stereocenters. The molecule has 0 saturated heterocycles. The second-order valence-corrected chi connectivity index (χ2v) is 6.76. The van der Waals surface area contributed by atoms with Crippen molar-refractivity contribution < 1.29 is 9.53 Å². The highest BCUT2D eigenvalue weighted by Gasteiger charge is 2.26. The van der Waals surface area contributed by atoms with Crippen LogP contribution in [0.3, 0.4) is 0 Å². The summed E-state index contributed by atoms with van der Waals surface area (Å²) in [6.45, 7) is 3.85. The van der Waals surface area contributed by atoms with Gasteiger partial charge in [-0.1, -0.05) is 17.3 Å². The van der Waals surface area contributed by atoms with Crippen molar-refractivity contribution in [3.8, 4) is 0 Å². The number of fused-ring (bicyclic) bond motifs is 1. The average molecular weight is 364 g/mol. The molecule has 138 valence electrons. The SMILES string of the molecule is Cc1cc(/C=C/C(=O)OCn2nnc3ccccc3c2=O)c(C)n1C1CC1. The van der Waals surface area contributed by atoms with Crippen molar-refractivity contribution in [2.45, 2.75) is 39.5 Å². The molecule has 7 heteroatoms. The number of carbonyl (C=O) groups excluding carboxylic acids is 1. The Morgan fingerprint density at radius 2 is 2.07 bits per heavy atom. The van der Waals surface area contributed by atoms with E-state index in [1.807, 2.05) is 0 Å². The van der Waals surface area contributed by atoms with Crippen LogP contribution in [0.15, 0.2) is 41.2 Å². The van der Waals surface area contributed by atoms with Gasteiger partial charge >= 0.3 is 5.97 Å². The highest BCUT2D eigenvalue weighted by Crippen LogP contribution is 2.38. The van der Waals surface area contributed by atoms with Crippen LogP contribution in [0.5, 0.6) is 0 Å². The fourth-order valence-electron chi connectivity index (χ4n) is 3.30. The number of carbonyl (C=O) groups is 1. The van der Waals surface area contributed by atoms with Crippen molar-refractivity contribution in [2.24, 2.45) is 0 Å². The Hall–Kier alpha value is -3.22. The number of hydrogen-bond donors (Lipinski definition) is 0. The first-order valence-corrected chi connectivity index (χ1v) is 8.90. The number of aromatic nitrogens is 4. The summed E-state index contributed by atoms with van der Waals surface area (Å²) in [5.41, 5.74) is 3.51. The Morgan fingerprint density at radius 3 is 2.85 bits per heavy atom. The van der Waals surface area contributed by atoms with Gasteiger partial charge in [0.25, 0.3) is 5.56 Å². The maximum absolute atomic E-state index is 12.3. The molecule has 27 heavy (non-hydrogen) atoms. The smallest absolute Gasteiger partial charge is 0.332 e. The summed E-state index contributed by atoms with van der Waals surface area (Å²) in [5, 5.41) is 8.20. The van der Waals surface area contributed by atoms with Crippen molar-refractivity contribution in [3.63, 3.8) is 0 Å². The van der Waals surface area contributed by atoms with Gasteiger partial charge in [0.05, 0.1) is 5.39 Å². The molecule has 2 aromatic heterocycles. The van der Waals surface area contributed by atoms with E-state index in [1.54, 1.807) is 30.3 Å². The van der Waals surface area contributed by atoms with Crippen LogP contribution in [0.25, 0.3) is 17.0 Å². The molecule has 3 aromatic rings. The summed E-state index contributed by atoms with van der Waals surface area (Å²) in [4.78, 5) is 24.4. The first-order valence-electron chi connectivity index (χ1n) is 8.90. The van der Waals surface area contributed by atoms with Crippen LogP contribution in [0.4, 0.5) is 0 Å². The summed E-state index contributed by atoms with van der Waals surface area (Å²) in [6, 6.07) is 9.57. The lowest BCUT2D eigenvalue weighted by atomic mass is 10.2. The fourth-order valence-corrected chi connectivity index (χ4v) is 3.30. The van der Waals surface area contributed by atoms with Gasteiger partial charge in [-0.05, 0) is 56.5 Å². The second kappa shape index (κ2) is 6.83. The zero-order chi connectivity index (χ0) is 19.0. The number of nitrogens with zero attached hydrogens (tertiary/aromatic N) is 4. The molecule has 0 N–H and O–H groups in total. The summed E-state index contributed by atoms with van der Waals surface area (Å²) in [7, 11) is 0. The van der Waals surface area contributed by atoms with Crippen LogP contribution in [0, 0.1) is 13.8 Å². The predicted octanol–water partition coefficient (Wildman–Crippen LogP) is 2.76. The molecule has 2 heterocycles. The quantitative estimate of drug-likeness (QED) is 0.514. The van der Waals surface area contributed by atoms with Crippen LogP contribution in [-0.4, -0.2) is 25.5 Å². The minimum Gasteiger partial charge on any atom is -0.439 e. The highest BCUT2D eigenvalue weighted by molar-refractivity contribution is 5.87. The van der Waals surface area contributed by atoms with Crippen LogP contribution in [0.2, 0.25) is 0 Å². The van der Waals surface area contributed by atoms with Gasteiger partial charge in [0.1, 0.15) is 5.52 Å². The van der Waals surface area contributed by atoms with Crippen molar-refractivity contribution in [1.82, 2.24) is 19.6 Å². The highest BCUT2D eigenvalue weighted by atomic mass is 16.5. The van der Waals surface area contributed by atoms with Crippen LogP contribution < -0.4 is 5.56 Å². The molecule has 1 aromatic carbocycles. The summed E-state index contributed by atoms with van der Waals surface area (Å²) in [5.74, 6) is -0.534. The summed E-state index contributed by atoms with van der Waals surface area (Å²) >= 11 is 0. The maximum atomic E-state index is 12.3. The normalized spacial score (nSPS) is 14.1. The van der Waals surface area contributed by atoms with Gasteiger partial charge in [0, 0.05) is 23.5 Å². The van der Waals surface area contributed by atoms with E-state index in [0.29, 0.717) is 16.9 Å². The zero-order valence-corrected chi connectivity index (χ0v) is 15.3. The molecule has 1 aliphatic carbocycles. The standard InChI is InChI=1S/C20H20N4O3/c1-13-11-15(14(2)24(13)16-8-9-16)7-10-19(25)27-12-23-20(26)17-5-3-4-6-18(17)21-22-23/h3-7,10-11,16H,8-9,12H2,1-2H3/b10-7+. The van der Waals surface area contributed by atoms with Crippen molar-refractivity contribution in [3.05, 3.63) is 63.7 Å². The lowest BCUT2D eigenvalue weighted by Crippen LogP contribution is -2.26. The van der Waals surface area contributed by atoms with Gasteiger partial charge in [-0.2, -0.15) is 4.68 Å². The summed E-state index contributed by atoms with van der Waals surface area (Å²) in [6.07, 6.45) is 5.54. The molecule has 1 fully saturated rings. The first kappa shape index (κ1) is 17.2. The van der Waals surface area contributed by atoms with Crippen LogP contribution >= 0.6 is 0 Å². The second-order valence-electron chi connectivity index (χ2n) is 6.76. The van der Waals surface area contributed by atoms with E-state index in [9.17, 15) is 9.59 Å². The third kappa shape index (κ3) is 3.40. The van der Waals surface area contributed by atoms with Crippen LogP contribution in [-0.2, 0) is 16.3 Å². The topological polar surface area (TPSA) is 79.0 Å². The number of ether oxygens (including phenoxy) is 1. The van der Waals surface area contributed by atoms with E-state index in [2.05, 4.69) is 34.8 Å². The Kier molecular flexibility index (Phi) is 4.35. The number of esters is 1. The van der Waals surface area contributed by atoms with Crippen LogP contribution in [0.1, 0.15) is 35.8 Å². The Morgan fingerprint density at radius 1 is 1.30 bits per heavy atom. The molecular weight excluding hydrogens is 344 g/mol. The lowest BCUT2D eigenvalue weighted by molar-refractivity contribution is -0.141. The monoisotopic (exact) mass is 364 g/mol. The van der Waals surface area contributed by atoms with Crippen molar-refractivity contribution >= 4 is 22.9 Å². The fraction of sp³-hybridized carbons (Fsp3) is 0.300. The van der Waals surface area contributed by atoms with E-state index < -0.39 is 5.97 Å². The predicted molar refractivity (Wildman–Crippen MR) is 101 cm³/mol. The van der Waals surface area contributed by atoms with E-state index in [-0.39, 0.29) is 12.3 Å². The van der Waals surface area contributed by atoms with E-state index >= 15 is 0 Å². The molecule has 4 rings (SSSR count). The Labute approximate surface area is 155 Å². The molecule has 1 saturated carbocycles. The average Bonchev–Trinajstić information content (AvgIpc) is 3.45. The first-order chi connectivity index (χ1) is 13.0. The number of rotatable bonds is 5. The van der Waals surface area contributed by atoms with E-state index in [1.165, 1.54) is 24.6 Å². The third-order valence-electron chi connectivity index (χ3n) is 4.79. The molecular formula is C20H20N4O3. The number of aryl methyl sites for hydroxylation is 1. The molecule has 0 unspecified atom stereocenters. The molecule has 0 bridgehead atoms. The maximum Gasteiger partial charge on any atom is 0.332 e. The van der Waals surface area contributed by atoms with E-state index in [4.69, 9.17) is 4.74 Å². The number of hydrogen-bond acceptors (Lipinski definition) is 5. The van der Waals surface area contributed by atoms with Gasteiger partial charge in [0.15, 0.2) is 6.73 Å². The molecule has 0 spiro atoms. The lowest BCUT2D eigenvalue weighted by Gasteiger charge is -2.06. The van der Waals surface area contributed by atoms with Gasteiger partial charge in [0.2, 0.25) is 0 Å². The Bertz CT molecular complexity index is 1110. The largest absolute Gasteiger partial charge is 0.439 e. The summed E-state index contributed by atoms with van der Waals surface area (Å²) < 4.78 is 8.49. The molecule has 0 amide bonds. The third-order valence-corrected chi connectivity index (χ3v) is 4.79. The Balaban J connectivity index is 1.44. The minimum absolute atomic E-state index is 0.277. The van der Waals surface area contributed by atoms with Gasteiger partial charge in [-0.25, -0.2) is 4.79 Å². The molecule has 7 nitrogen and oxygen atoms in total. The number of benzene rings is 1. The molecule has 1 aliphatic rings. The van der Waals surface area contributed by atoms with Crippen molar-refractivity contribution in [2.75, 3.05) is 0 Å². The zero-order valence-electron chi connectivity index (χ0n) is 15.3. The van der Waals surface area contributed by atoms with Gasteiger partial charge < -0.3 is 9.30 Å². The van der Waals surface area contributed by atoms with Gasteiger partial charge in [-0.3, -0.25) is 4.79 Å². The molecule has 0 radical (unpaired) electrons. The van der Waals surface area contributed by atoms with Crippen molar-refractivity contribution in [1.29, 1.82) is 0 Å². The van der Waals surface area contributed by atoms with Gasteiger partial charge in [-0.15, -0.1) is 5.10 Å².